The Morgan fingerprint density at radius 3 is 1.07 bits per heavy atom. The predicted molar refractivity (Wildman–Crippen MR) is 190 cm³/mol. The number of esters is 2. The minimum absolute atomic E-state index is 0.154. The van der Waals surface area contributed by atoms with E-state index in [4.69, 9.17) is 9.47 Å². The van der Waals surface area contributed by atoms with Crippen LogP contribution in [0.4, 0.5) is 0 Å². The van der Waals surface area contributed by atoms with Crippen molar-refractivity contribution in [2.75, 3.05) is 13.2 Å². The highest BCUT2D eigenvalue weighted by molar-refractivity contribution is 5.69. The molecule has 0 saturated carbocycles. The smallest absolute Gasteiger partial charge is 0.306 e. The number of carbonyl (C=O) groups excluding carboxylic acids is 2. The van der Waals surface area contributed by atoms with E-state index in [1.54, 1.807) is 12.2 Å². The van der Waals surface area contributed by atoms with E-state index in [0.29, 0.717) is 12.8 Å². The van der Waals surface area contributed by atoms with Crippen molar-refractivity contribution < 1.29 is 19.1 Å². The fourth-order valence-electron chi connectivity index (χ4n) is 4.72. The lowest BCUT2D eigenvalue weighted by molar-refractivity contribution is -0.143. The zero-order chi connectivity index (χ0) is 32.0. The summed E-state index contributed by atoms with van der Waals surface area (Å²) in [6.45, 7) is 4.96. The molecule has 0 spiro atoms. The molecule has 0 radical (unpaired) electrons. The van der Waals surface area contributed by atoms with E-state index in [1.165, 1.54) is 89.9 Å². The van der Waals surface area contributed by atoms with Crippen LogP contribution in [0, 0.1) is 0 Å². The lowest BCUT2D eigenvalue weighted by Gasteiger charge is -2.03. The van der Waals surface area contributed by atoms with E-state index in [9.17, 15) is 9.59 Å². The summed E-state index contributed by atoms with van der Waals surface area (Å²) in [4.78, 5) is 23.8. The Balaban J connectivity index is 3.44. The Kier molecular flexibility index (Phi) is 34.9. The molecule has 0 unspecified atom stereocenters. The Morgan fingerprint density at radius 2 is 0.705 bits per heavy atom. The molecular formula is C40H68O4. The van der Waals surface area contributed by atoms with Crippen molar-refractivity contribution in [1.29, 1.82) is 0 Å². The fourth-order valence-corrected chi connectivity index (χ4v) is 4.72. The zero-order valence-electron chi connectivity index (χ0n) is 28.8. The molecule has 0 aliphatic heterocycles. The Hall–Kier alpha value is -2.36. The third-order valence-electron chi connectivity index (χ3n) is 7.51. The number of unbranched alkanes of at least 4 members (excludes halogenated alkanes) is 16. The van der Waals surface area contributed by atoms with Crippen LogP contribution in [0.3, 0.4) is 0 Å². The summed E-state index contributed by atoms with van der Waals surface area (Å²) in [6, 6.07) is 0. The first-order valence-electron chi connectivity index (χ1n) is 18.3. The van der Waals surface area contributed by atoms with Gasteiger partial charge in [0.05, 0.1) is 0 Å². The predicted octanol–water partition coefficient (Wildman–Crippen LogP) is 12.3. The Morgan fingerprint density at radius 1 is 0.386 bits per heavy atom. The average molecular weight is 613 g/mol. The first-order valence-corrected chi connectivity index (χ1v) is 18.3. The summed E-state index contributed by atoms with van der Waals surface area (Å²) < 4.78 is 10.5. The molecule has 0 saturated heterocycles. The standard InChI is InChI=1S/C40H68O4/c1-3-5-7-9-11-13-15-17-19-21-23-25-27-29-31-35-39(41)43-37-33-34-38-44-40(42)36-32-30-28-26-24-22-20-18-16-14-12-10-8-6-4-2/h11-14,17-20,33-34H,3-10,15-16,21-32,35-38H2,1-2H3. The maximum atomic E-state index is 11.9. The first kappa shape index (κ1) is 41.6. The van der Waals surface area contributed by atoms with Gasteiger partial charge in [-0.1, -0.05) is 127 Å². The molecule has 0 bridgehead atoms. The van der Waals surface area contributed by atoms with Crippen LogP contribution >= 0.6 is 0 Å². The van der Waals surface area contributed by atoms with Crippen molar-refractivity contribution in [2.45, 2.75) is 168 Å². The van der Waals surface area contributed by atoms with E-state index >= 15 is 0 Å². The highest BCUT2D eigenvalue weighted by atomic mass is 16.5. The van der Waals surface area contributed by atoms with Crippen LogP contribution in [-0.4, -0.2) is 25.2 Å². The molecule has 0 aromatic carbocycles. The first-order chi connectivity index (χ1) is 21.7. The molecule has 0 rings (SSSR count). The van der Waals surface area contributed by atoms with Crippen molar-refractivity contribution in [2.24, 2.45) is 0 Å². The number of rotatable bonds is 32. The molecule has 0 heterocycles. The molecule has 4 heteroatoms. The second kappa shape index (κ2) is 36.8. The second-order valence-corrected chi connectivity index (χ2v) is 11.8. The lowest BCUT2D eigenvalue weighted by Crippen LogP contribution is -2.05. The molecule has 0 aromatic heterocycles. The third kappa shape index (κ3) is 35.8. The van der Waals surface area contributed by atoms with Gasteiger partial charge in [0.1, 0.15) is 13.2 Å². The van der Waals surface area contributed by atoms with Crippen molar-refractivity contribution in [3.63, 3.8) is 0 Å². The van der Waals surface area contributed by atoms with Crippen molar-refractivity contribution in [3.8, 4) is 0 Å². The maximum Gasteiger partial charge on any atom is 0.306 e. The van der Waals surface area contributed by atoms with Crippen molar-refractivity contribution in [3.05, 3.63) is 60.8 Å². The van der Waals surface area contributed by atoms with Gasteiger partial charge in [0, 0.05) is 12.8 Å². The average Bonchev–Trinajstić information content (AvgIpc) is 3.02. The highest BCUT2D eigenvalue weighted by Crippen LogP contribution is 2.10. The van der Waals surface area contributed by atoms with E-state index in [1.807, 2.05) is 0 Å². The van der Waals surface area contributed by atoms with E-state index in [0.717, 1.165) is 51.4 Å². The normalized spacial score (nSPS) is 12.1. The van der Waals surface area contributed by atoms with E-state index in [2.05, 4.69) is 62.5 Å². The van der Waals surface area contributed by atoms with Gasteiger partial charge in [-0.2, -0.15) is 0 Å². The van der Waals surface area contributed by atoms with Crippen LogP contribution < -0.4 is 0 Å². The van der Waals surface area contributed by atoms with Crippen LogP contribution in [0.25, 0.3) is 0 Å². The highest BCUT2D eigenvalue weighted by Gasteiger charge is 2.02. The molecule has 4 nitrogen and oxygen atoms in total. The van der Waals surface area contributed by atoms with Gasteiger partial charge in [-0.05, 0) is 89.2 Å². The molecule has 0 aromatic rings. The molecule has 0 amide bonds. The maximum absolute atomic E-state index is 11.9. The Bertz CT molecular complexity index is 710. The molecule has 0 aliphatic carbocycles. The molecule has 0 aliphatic rings. The summed E-state index contributed by atoms with van der Waals surface area (Å²) >= 11 is 0. The number of allylic oxidation sites excluding steroid dienone is 8. The molecule has 0 atom stereocenters. The van der Waals surface area contributed by atoms with Crippen LogP contribution in [-0.2, 0) is 19.1 Å². The van der Waals surface area contributed by atoms with E-state index in [-0.39, 0.29) is 25.2 Å². The summed E-state index contributed by atoms with van der Waals surface area (Å²) in [7, 11) is 0. The van der Waals surface area contributed by atoms with Crippen LogP contribution in [0.15, 0.2) is 60.8 Å². The van der Waals surface area contributed by atoms with Gasteiger partial charge < -0.3 is 9.47 Å². The summed E-state index contributed by atoms with van der Waals surface area (Å²) in [6.07, 6.45) is 48.5. The molecule has 0 N–H and O–H groups in total. The number of carbonyl (C=O) groups is 2. The van der Waals surface area contributed by atoms with Crippen molar-refractivity contribution >= 4 is 11.9 Å². The largest absolute Gasteiger partial charge is 0.461 e. The van der Waals surface area contributed by atoms with Gasteiger partial charge >= 0.3 is 11.9 Å². The molecule has 0 fully saturated rings. The van der Waals surface area contributed by atoms with Crippen LogP contribution in [0.1, 0.15) is 168 Å². The lowest BCUT2D eigenvalue weighted by atomic mass is 10.1. The molecule has 252 valence electrons. The summed E-state index contributed by atoms with van der Waals surface area (Å²) in [5.41, 5.74) is 0. The molecular weight excluding hydrogens is 544 g/mol. The van der Waals surface area contributed by atoms with Gasteiger partial charge in [-0.15, -0.1) is 0 Å². The Labute approximate surface area is 272 Å². The number of hydrogen-bond acceptors (Lipinski definition) is 4. The zero-order valence-corrected chi connectivity index (χ0v) is 28.8. The van der Waals surface area contributed by atoms with Crippen LogP contribution in [0.2, 0.25) is 0 Å². The minimum atomic E-state index is -0.154. The summed E-state index contributed by atoms with van der Waals surface area (Å²) in [5, 5.41) is 0. The van der Waals surface area contributed by atoms with Gasteiger partial charge in [0.15, 0.2) is 0 Å². The number of hydrogen-bond donors (Lipinski definition) is 0. The SMILES string of the molecule is CCCCCC=CCC=CCCCCCCCC(=O)OCC=CCOC(=O)CCCCCCCC=CCC=CCCCCC. The van der Waals surface area contributed by atoms with Crippen molar-refractivity contribution in [1.82, 2.24) is 0 Å². The van der Waals surface area contributed by atoms with E-state index < -0.39 is 0 Å². The van der Waals surface area contributed by atoms with Gasteiger partial charge in [-0.25, -0.2) is 0 Å². The third-order valence-corrected chi connectivity index (χ3v) is 7.51. The monoisotopic (exact) mass is 613 g/mol. The topological polar surface area (TPSA) is 52.6 Å². The quantitative estimate of drug-likeness (QED) is 0.0431. The van der Waals surface area contributed by atoms with Crippen LogP contribution in [0.5, 0.6) is 0 Å². The fraction of sp³-hybridized carbons (Fsp3) is 0.700. The summed E-state index contributed by atoms with van der Waals surface area (Å²) in [5.74, 6) is -0.308. The number of ether oxygens (including phenoxy) is 2. The minimum Gasteiger partial charge on any atom is -0.461 e. The van der Waals surface area contributed by atoms with Gasteiger partial charge in [0.2, 0.25) is 0 Å². The van der Waals surface area contributed by atoms with Gasteiger partial charge in [-0.3, -0.25) is 9.59 Å². The van der Waals surface area contributed by atoms with Gasteiger partial charge in [0.25, 0.3) is 0 Å². The molecule has 44 heavy (non-hydrogen) atoms. The second-order valence-electron chi connectivity index (χ2n) is 11.8.